The van der Waals surface area contributed by atoms with Gasteiger partial charge in [0.1, 0.15) is 11.5 Å². The summed E-state index contributed by atoms with van der Waals surface area (Å²) in [6, 6.07) is 6.34. The number of benzene rings is 1. The van der Waals surface area contributed by atoms with Crippen LogP contribution in [0.1, 0.15) is 51.2 Å². The minimum absolute atomic E-state index is 0.0113. The number of amides is 1. The minimum Gasteiger partial charge on any atom is -0.392 e. The largest absolute Gasteiger partial charge is 0.392 e. The highest BCUT2D eigenvalue weighted by atomic mass is 19.1. The molecule has 0 radical (unpaired) electrons. The molecule has 1 spiro atoms. The van der Waals surface area contributed by atoms with Gasteiger partial charge < -0.3 is 19.9 Å². The maximum absolute atomic E-state index is 15.3. The molecule has 1 aliphatic carbocycles. The summed E-state index contributed by atoms with van der Waals surface area (Å²) in [4.78, 5) is 46.5. The second-order valence-electron chi connectivity index (χ2n) is 13.3. The number of aliphatic hydroxyl groups is 1. The number of halogens is 1. The van der Waals surface area contributed by atoms with E-state index in [1.165, 1.54) is 23.0 Å². The van der Waals surface area contributed by atoms with Crippen molar-refractivity contribution >= 4 is 22.4 Å². The van der Waals surface area contributed by atoms with E-state index in [0.717, 1.165) is 42.6 Å². The lowest BCUT2D eigenvalue weighted by Gasteiger charge is -2.29. The van der Waals surface area contributed by atoms with E-state index in [4.69, 9.17) is 0 Å². The van der Waals surface area contributed by atoms with Crippen molar-refractivity contribution in [3.05, 3.63) is 80.5 Å². The van der Waals surface area contributed by atoms with Gasteiger partial charge in [0.05, 0.1) is 18.2 Å². The van der Waals surface area contributed by atoms with Gasteiger partial charge in [-0.15, -0.1) is 0 Å². The number of hydrogen-bond acceptors (Lipinski definition) is 7. The first-order chi connectivity index (χ1) is 20.8. The fraction of sp³-hybridized carbons (Fsp3) is 0.424. The Hall–Kier alpha value is -4.22. The third-order valence-electron chi connectivity index (χ3n) is 9.34. The summed E-state index contributed by atoms with van der Waals surface area (Å²) in [6.45, 7) is 7.27. The Bertz CT molecular complexity index is 1920. The summed E-state index contributed by atoms with van der Waals surface area (Å²) in [7, 11) is 3.67. The number of likely N-dealkylation sites (tertiary alicyclic amines) is 1. The van der Waals surface area contributed by atoms with Crippen molar-refractivity contribution in [2.45, 2.75) is 52.1 Å². The number of hydrogen-bond donors (Lipinski definition) is 2. The number of nitrogens with zero attached hydrogens (tertiary/aromatic N) is 5. The highest BCUT2D eigenvalue weighted by Gasteiger charge is 2.58. The summed E-state index contributed by atoms with van der Waals surface area (Å²) >= 11 is 0. The summed E-state index contributed by atoms with van der Waals surface area (Å²) < 4.78 is 17.7. The van der Waals surface area contributed by atoms with E-state index in [-0.39, 0.29) is 50.7 Å². The van der Waals surface area contributed by atoms with Gasteiger partial charge in [-0.25, -0.2) is 9.37 Å². The maximum Gasteiger partial charge on any atom is 0.283 e. The van der Waals surface area contributed by atoms with Crippen LogP contribution in [-0.4, -0.2) is 55.4 Å². The van der Waals surface area contributed by atoms with E-state index in [1.54, 1.807) is 31.4 Å². The highest BCUT2D eigenvalue weighted by molar-refractivity contribution is 5.95. The second kappa shape index (κ2) is 10.7. The molecular formula is C33H37FN6O4. The fourth-order valence-corrected chi connectivity index (χ4v) is 6.41. The molecule has 1 aliphatic heterocycles. The molecule has 1 saturated heterocycles. The van der Waals surface area contributed by atoms with Crippen LogP contribution in [0.4, 0.5) is 10.1 Å². The van der Waals surface area contributed by atoms with Gasteiger partial charge in [0.25, 0.3) is 11.1 Å². The Morgan fingerprint density at radius 2 is 1.86 bits per heavy atom. The highest BCUT2D eigenvalue weighted by Crippen LogP contribution is 2.59. The third-order valence-corrected chi connectivity index (χ3v) is 9.34. The average molecular weight is 601 g/mol. The molecule has 3 aromatic heterocycles. The van der Waals surface area contributed by atoms with Crippen molar-refractivity contribution in [3.63, 3.8) is 0 Å². The van der Waals surface area contributed by atoms with Crippen LogP contribution in [0.15, 0.2) is 52.4 Å². The molecule has 2 N–H and O–H groups in total. The molecule has 4 aromatic rings. The number of aryl methyl sites for hydroxylation is 1. The van der Waals surface area contributed by atoms with Crippen molar-refractivity contribution in [1.82, 2.24) is 24.2 Å². The Morgan fingerprint density at radius 3 is 2.55 bits per heavy atom. The molecule has 4 heterocycles. The SMILES string of the molecule is CN1CCC2(CC1)C[C@H]2C(=O)Nc1cc(-c2ccnc(-n3ncc4cc(C(C)(C)C)cc(F)c4c3=O)c2CO)cn(C)c1=O. The van der Waals surface area contributed by atoms with Crippen molar-refractivity contribution in [1.29, 1.82) is 0 Å². The number of piperidine rings is 1. The smallest absolute Gasteiger partial charge is 0.283 e. The Balaban J connectivity index is 1.37. The van der Waals surface area contributed by atoms with Crippen LogP contribution in [0.5, 0.6) is 0 Å². The van der Waals surface area contributed by atoms with Crippen LogP contribution < -0.4 is 16.4 Å². The van der Waals surface area contributed by atoms with Gasteiger partial charge in [-0.2, -0.15) is 9.78 Å². The van der Waals surface area contributed by atoms with Crippen LogP contribution in [0.2, 0.25) is 0 Å². The molecule has 2 fully saturated rings. The van der Waals surface area contributed by atoms with Gasteiger partial charge in [-0.3, -0.25) is 14.4 Å². The first-order valence-electron chi connectivity index (χ1n) is 14.8. The normalized spacial score (nSPS) is 18.1. The van der Waals surface area contributed by atoms with Gasteiger partial charge in [0.15, 0.2) is 5.82 Å². The Kier molecular flexibility index (Phi) is 7.28. The summed E-state index contributed by atoms with van der Waals surface area (Å²) in [5.74, 6) is -0.912. The first-order valence-corrected chi connectivity index (χ1v) is 14.8. The van der Waals surface area contributed by atoms with Crippen molar-refractivity contribution < 1.29 is 14.3 Å². The number of nitrogens with one attached hydrogen (secondary N) is 1. The number of pyridine rings is 2. The zero-order valence-corrected chi connectivity index (χ0v) is 25.6. The molecule has 2 aliphatic rings. The molecule has 0 bridgehead atoms. The maximum atomic E-state index is 15.3. The molecule has 230 valence electrons. The second-order valence-corrected chi connectivity index (χ2v) is 13.3. The molecule has 1 saturated carbocycles. The molecule has 1 atom stereocenters. The van der Waals surface area contributed by atoms with Crippen LogP contribution >= 0.6 is 0 Å². The standard InChI is InChI=1S/C33H37FN6O4/c1-32(2,3)21-12-19-16-36-40(31(44)27(19)25(34)14-21)28-23(18-41)22(6-9-35-28)20-13-26(30(43)39(5)17-20)37-29(42)24-15-33(24)7-10-38(4)11-8-33/h6,9,12-14,16-17,24,41H,7-8,10-11,15,18H2,1-5H3,(H,37,42)/t24-/m0/s1. The van der Waals surface area contributed by atoms with Crippen LogP contribution in [0.25, 0.3) is 27.7 Å². The number of carbonyl (C=O) groups excluding carboxylic acids is 1. The quantitative estimate of drug-likeness (QED) is 0.358. The van der Waals surface area contributed by atoms with Crippen molar-refractivity contribution in [2.75, 3.05) is 25.5 Å². The predicted octanol–water partition coefficient (Wildman–Crippen LogP) is 3.75. The molecule has 0 unspecified atom stereocenters. The van der Waals surface area contributed by atoms with Gasteiger partial charge in [-0.05, 0) is 85.6 Å². The molecule has 1 aromatic carbocycles. The van der Waals surface area contributed by atoms with Crippen molar-refractivity contribution in [2.24, 2.45) is 18.4 Å². The topological polar surface area (TPSA) is 122 Å². The minimum atomic E-state index is -0.708. The number of carbonyl (C=O) groups is 1. The van der Waals surface area contributed by atoms with Gasteiger partial charge in [0.2, 0.25) is 5.91 Å². The van der Waals surface area contributed by atoms with E-state index < -0.39 is 18.0 Å². The lowest BCUT2D eigenvalue weighted by Crippen LogP contribution is -2.34. The summed E-state index contributed by atoms with van der Waals surface area (Å²) in [5, 5.41) is 17.9. The third kappa shape index (κ3) is 5.13. The predicted molar refractivity (Wildman–Crippen MR) is 166 cm³/mol. The Morgan fingerprint density at radius 1 is 1.14 bits per heavy atom. The van der Waals surface area contributed by atoms with Gasteiger partial charge in [0, 0.05) is 41.9 Å². The lowest BCUT2D eigenvalue weighted by atomic mass is 9.86. The van der Waals surface area contributed by atoms with E-state index in [9.17, 15) is 19.5 Å². The number of aromatic nitrogens is 4. The van der Waals surface area contributed by atoms with E-state index in [2.05, 4.69) is 27.3 Å². The van der Waals surface area contributed by atoms with Crippen LogP contribution in [-0.2, 0) is 23.9 Å². The molecule has 6 rings (SSSR count). The van der Waals surface area contributed by atoms with Gasteiger partial charge >= 0.3 is 0 Å². The van der Waals surface area contributed by atoms with E-state index in [1.807, 2.05) is 20.8 Å². The van der Waals surface area contributed by atoms with Crippen molar-refractivity contribution in [3.8, 4) is 16.9 Å². The van der Waals surface area contributed by atoms with E-state index >= 15 is 4.39 Å². The molecule has 44 heavy (non-hydrogen) atoms. The Labute approximate surface area is 254 Å². The number of rotatable bonds is 5. The lowest BCUT2D eigenvalue weighted by molar-refractivity contribution is -0.118. The molecule has 10 nitrogen and oxygen atoms in total. The number of aliphatic hydroxyl groups excluding tert-OH is 1. The average Bonchev–Trinajstić information content (AvgIpc) is 3.69. The molecule has 1 amide bonds. The zero-order valence-electron chi connectivity index (χ0n) is 25.6. The van der Waals surface area contributed by atoms with E-state index in [0.29, 0.717) is 16.5 Å². The molecule has 11 heteroatoms. The first kappa shape index (κ1) is 29.8. The summed E-state index contributed by atoms with van der Waals surface area (Å²) in [6.07, 6.45) is 7.21. The fourth-order valence-electron chi connectivity index (χ4n) is 6.41. The zero-order chi connectivity index (χ0) is 31.6. The number of fused-ring (bicyclic) bond motifs is 1. The van der Waals surface area contributed by atoms with Crippen LogP contribution in [0.3, 0.4) is 0 Å². The monoisotopic (exact) mass is 600 g/mol. The number of anilines is 1. The van der Waals surface area contributed by atoms with Gasteiger partial charge in [-0.1, -0.05) is 20.8 Å². The molecular weight excluding hydrogens is 563 g/mol. The van der Waals surface area contributed by atoms with Crippen LogP contribution in [0, 0.1) is 17.2 Å². The summed E-state index contributed by atoms with van der Waals surface area (Å²) in [5.41, 5.74) is 0.745.